The highest BCUT2D eigenvalue weighted by Crippen LogP contribution is 2.31. The SMILES string of the molecule is Nc1ncc(Cc2ccc3c(c2)OCCCO3)o1. The first-order valence-electron chi connectivity index (χ1n) is 5.90. The minimum atomic E-state index is 0.194. The molecule has 2 aromatic rings. The van der Waals surface area contributed by atoms with Crippen LogP contribution in [-0.4, -0.2) is 18.2 Å². The van der Waals surface area contributed by atoms with E-state index < -0.39 is 0 Å². The van der Waals surface area contributed by atoms with Crippen molar-refractivity contribution in [3.8, 4) is 11.5 Å². The fourth-order valence-electron chi connectivity index (χ4n) is 1.92. The predicted octanol–water partition coefficient (Wildman–Crippen LogP) is 2.01. The lowest BCUT2D eigenvalue weighted by Gasteiger charge is -2.08. The molecule has 5 nitrogen and oxygen atoms in total. The van der Waals surface area contributed by atoms with Gasteiger partial charge in [0, 0.05) is 12.8 Å². The Balaban J connectivity index is 1.83. The van der Waals surface area contributed by atoms with Crippen LogP contribution in [0.15, 0.2) is 28.8 Å². The average molecular weight is 246 g/mol. The van der Waals surface area contributed by atoms with E-state index in [4.69, 9.17) is 19.6 Å². The molecule has 94 valence electrons. The summed E-state index contributed by atoms with van der Waals surface area (Å²) in [6, 6.07) is 6.08. The number of anilines is 1. The lowest BCUT2D eigenvalue weighted by molar-refractivity contribution is 0.297. The van der Waals surface area contributed by atoms with Crippen molar-refractivity contribution in [3.63, 3.8) is 0 Å². The second-order valence-corrected chi connectivity index (χ2v) is 4.17. The van der Waals surface area contributed by atoms with E-state index in [1.807, 2.05) is 18.2 Å². The van der Waals surface area contributed by atoms with E-state index in [0.29, 0.717) is 19.6 Å². The van der Waals surface area contributed by atoms with Crippen molar-refractivity contribution in [2.75, 3.05) is 18.9 Å². The van der Waals surface area contributed by atoms with E-state index >= 15 is 0 Å². The van der Waals surface area contributed by atoms with Crippen molar-refractivity contribution in [1.29, 1.82) is 0 Å². The summed E-state index contributed by atoms with van der Waals surface area (Å²) < 4.78 is 16.5. The first-order valence-corrected chi connectivity index (χ1v) is 5.90. The molecule has 1 aliphatic rings. The summed E-state index contributed by atoms with van der Waals surface area (Å²) in [7, 11) is 0. The lowest BCUT2D eigenvalue weighted by atomic mass is 10.1. The Labute approximate surface area is 105 Å². The number of hydrogen-bond acceptors (Lipinski definition) is 5. The van der Waals surface area contributed by atoms with E-state index in [0.717, 1.165) is 29.2 Å². The molecule has 0 spiro atoms. The number of nitrogens with two attached hydrogens (primary N) is 1. The molecule has 18 heavy (non-hydrogen) atoms. The number of benzene rings is 1. The van der Waals surface area contributed by atoms with Crippen LogP contribution < -0.4 is 15.2 Å². The van der Waals surface area contributed by atoms with Crippen LogP contribution in [0.4, 0.5) is 6.01 Å². The van der Waals surface area contributed by atoms with Crippen LogP contribution in [0.3, 0.4) is 0 Å². The van der Waals surface area contributed by atoms with Crippen molar-refractivity contribution >= 4 is 6.01 Å². The number of fused-ring (bicyclic) bond motifs is 1. The van der Waals surface area contributed by atoms with Crippen LogP contribution in [0.5, 0.6) is 11.5 Å². The fourth-order valence-corrected chi connectivity index (χ4v) is 1.92. The van der Waals surface area contributed by atoms with Gasteiger partial charge in [-0.2, -0.15) is 0 Å². The quantitative estimate of drug-likeness (QED) is 0.877. The molecule has 2 N–H and O–H groups in total. The topological polar surface area (TPSA) is 70.5 Å². The van der Waals surface area contributed by atoms with Crippen molar-refractivity contribution in [2.24, 2.45) is 0 Å². The number of rotatable bonds is 2. The Morgan fingerprint density at radius 2 is 2.00 bits per heavy atom. The van der Waals surface area contributed by atoms with Gasteiger partial charge in [0.25, 0.3) is 6.01 Å². The molecule has 0 radical (unpaired) electrons. The smallest absolute Gasteiger partial charge is 0.292 e. The monoisotopic (exact) mass is 246 g/mol. The molecule has 0 aliphatic carbocycles. The summed E-state index contributed by atoms with van der Waals surface area (Å²) >= 11 is 0. The fraction of sp³-hybridized carbons (Fsp3) is 0.308. The zero-order valence-electron chi connectivity index (χ0n) is 9.89. The summed E-state index contributed by atoms with van der Waals surface area (Å²) in [6.45, 7) is 1.39. The Hall–Kier alpha value is -2.17. The van der Waals surface area contributed by atoms with Crippen molar-refractivity contribution < 1.29 is 13.9 Å². The summed E-state index contributed by atoms with van der Waals surface area (Å²) in [4.78, 5) is 3.87. The maximum absolute atomic E-state index is 5.64. The van der Waals surface area contributed by atoms with Gasteiger partial charge in [-0.25, -0.2) is 4.98 Å². The van der Waals surface area contributed by atoms with Crippen LogP contribution in [0.1, 0.15) is 17.7 Å². The van der Waals surface area contributed by atoms with Crippen LogP contribution in [0.25, 0.3) is 0 Å². The van der Waals surface area contributed by atoms with Gasteiger partial charge in [0.2, 0.25) is 0 Å². The highest BCUT2D eigenvalue weighted by Gasteiger charge is 2.11. The largest absolute Gasteiger partial charge is 0.490 e. The molecule has 1 aromatic heterocycles. The second-order valence-electron chi connectivity index (χ2n) is 4.17. The molecule has 0 saturated carbocycles. The molecule has 0 atom stereocenters. The van der Waals surface area contributed by atoms with Gasteiger partial charge in [-0.3, -0.25) is 0 Å². The minimum absolute atomic E-state index is 0.194. The lowest BCUT2D eigenvalue weighted by Crippen LogP contribution is -1.97. The number of ether oxygens (including phenoxy) is 2. The average Bonchev–Trinajstić information content (AvgIpc) is 2.64. The van der Waals surface area contributed by atoms with Crippen LogP contribution >= 0.6 is 0 Å². The van der Waals surface area contributed by atoms with E-state index in [9.17, 15) is 0 Å². The standard InChI is InChI=1S/C13H14N2O3/c14-13-15-8-10(18-13)6-9-2-3-11-12(7-9)17-5-1-4-16-11/h2-3,7-8H,1,4-6H2,(H2,14,15). The van der Waals surface area contributed by atoms with E-state index in [-0.39, 0.29) is 6.01 Å². The van der Waals surface area contributed by atoms with Crippen molar-refractivity contribution in [3.05, 3.63) is 35.7 Å². The number of nitrogens with zero attached hydrogens (tertiary/aromatic N) is 1. The van der Waals surface area contributed by atoms with Gasteiger partial charge >= 0.3 is 0 Å². The molecule has 0 bridgehead atoms. The molecule has 2 heterocycles. The molecule has 0 amide bonds. The van der Waals surface area contributed by atoms with Gasteiger partial charge in [0.05, 0.1) is 19.4 Å². The summed E-state index contributed by atoms with van der Waals surface area (Å²) in [5.41, 5.74) is 6.52. The van der Waals surface area contributed by atoms with Gasteiger partial charge in [0.15, 0.2) is 11.5 Å². The Kier molecular flexibility index (Phi) is 2.80. The molecular formula is C13H14N2O3. The Morgan fingerprint density at radius 1 is 1.17 bits per heavy atom. The maximum Gasteiger partial charge on any atom is 0.292 e. The summed E-state index contributed by atoms with van der Waals surface area (Å²) in [5, 5.41) is 0. The minimum Gasteiger partial charge on any atom is -0.490 e. The number of hydrogen-bond donors (Lipinski definition) is 1. The van der Waals surface area contributed by atoms with Gasteiger partial charge in [-0.1, -0.05) is 6.07 Å². The predicted molar refractivity (Wildman–Crippen MR) is 65.8 cm³/mol. The number of aromatic nitrogens is 1. The van der Waals surface area contributed by atoms with Crippen LogP contribution in [0.2, 0.25) is 0 Å². The zero-order chi connectivity index (χ0) is 12.4. The first kappa shape index (κ1) is 11.0. The third-order valence-corrected chi connectivity index (χ3v) is 2.76. The van der Waals surface area contributed by atoms with Crippen molar-refractivity contribution in [1.82, 2.24) is 4.98 Å². The van der Waals surface area contributed by atoms with Crippen molar-refractivity contribution in [2.45, 2.75) is 12.8 Å². The molecule has 0 fully saturated rings. The number of oxazole rings is 1. The molecule has 0 unspecified atom stereocenters. The Morgan fingerprint density at radius 3 is 2.78 bits per heavy atom. The van der Waals surface area contributed by atoms with Crippen LogP contribution in [-0.2, 0) is 6.42 Å². The molecule has 0 saturated heterocycles. The molecule has 1 aromatic carbocycles. The van der Waals surface area contributed by atoms with E-state index in [1.54, 1.807) is 6.20 Å². The first-order chi connectivity index (χ1) is 8.81. The Bertz CT molecular complexity index is 551. The van der Waals surface area contributed by atoms with E-state index in [2.05, 4.69) is 4.98 Å². The second kappa shape index (κ2) is 4.60. The normalized spacial score (nSPS) is 14.2. The highest BCUT2D eigenvalue weighted by molar-refractivity contribution is 5.44. The molecule has 3 rings (SSSR count). The highest BCUT2D eigenvalue weighted by atomic mass is 16.5. The summed E-state index contributed by atoms with van der Waals surface area (Å²) in [5.74, 6) is 2.33. The molecular weight excluding hydrogens is 232 g/mol. The van der Waals surface area contributed by atoms with Gasteiger partial charge in [0.1, 0.15) is 5.76 Å². The third kappa shape index (κ3) is 2.25. The summed E-state index contributed by atoms with van der Waals surface area (Å²) in [6.07, 6.45) is 3.18. The van der Waals surface area contributed by atoms with Gasteiger partial charge < -0.3 is 19.6 Å². The van der Waals surface area contributed by atoms with E-state index in [1.165, 1.54) is 0 Å². The zero-order valence-corrected chi connectivity index (χ0v) is 9.89. The third-order valence-electron chi connectivity index (χ3n) is 2.76. The number of nitrogen functional groups attached to an aromatic ring is 1. The molecule has 1 aliphatic heterocycles. The van der Waals surface area contributed by atoms with Gasteiger partial charge in [-0.05, 0) is 17.7 Å². The molecule has 5 heteroatoms. The van der Waals surface area contributed by atoms with Gasteiger partial charge in [-0.15, -0.1) is 0 Å². The maximum atomic E-state index is 5.64. The van der Waals surface area contributed by atoms with Crippen LogP contribution in [0, 0.1) is 0 Å².